The Morgan fingerprint density at radius 2 is 1.93 bits per heavy atom. The minimum Gasteiger partial charge on any atom is -0.448 e. The van der Waals surface area contributed by atoms with Crippen LogP contribution in [0.1, 0.15) is 56.3 Å². The van der Waals surface area contributed by atoms with E-state index < -0.39 is 5.97 Å². The summed E-state index contributed by atoms with van der Waals surface area (Å²) in [5, 5.41) is 4.66. The van der Waals surface area contributed by atoms with Crippen molar-refractivity contribution in [1.82, 2.24) is 4.57 Å². The van der Waals surface area contributed by atoms with E-state index in [1.54, 1.807) is 18.5 Å². The fourth-order valence-corrected chi connectivity index (χ4v) is 3.14. The maximum absolute atomic E-state index is 13.3. The number of nitrogens with zero attached hydrogens (tertiary/aromatic N) is 2. The van der Waals surface area contributed by atoms with Crippen LogP contribution in [0.3, 0.4) is 0 Å². The Morgan fingerprint density at radius 3 is 2.64 bits per heavy atom. The van der Waals surface area contributed by atoms with Gasteiger partial charge >= 0.3 is 5.97 Å². The minimum atomic E-state index is -0.545. The Hall–Kier alpha value is -3.15. The lowest BCUT2D eigenvalue weighted by Crippen LogP contribution is -2.15. The van der Waals surface area contributed by atoms with Gasteiger partial charge in [-0.1, -0.05) is 49.5 Å². The predicted molar refractivity (Wildman–Crippen MR) is 108 cm³/mol. The van der Waals surface area contributed by atoms with Gasteiger partial charge < -0.3 is 9.25 Å². The van der Waals surface area contributed by atoms with Crippen LogP contribution in [-0.4, -0.2) is 22.0 Å². The number of ketones is 1. The molecule has 2 heterocycles. The number of para-hydroxylation sites is 1. The van der Waals surface area contributed by atoms with Crippen LogP contribution in [0.4, 0.5) is 0 Å². The maximum Gasteiger partial charge on any atom is 0.331 e. The number of Topliss-reactive ketones (excluding diaryl/α,β-unsaturated/α-hetero) is 1. The fraction of sp³-hybridized carbons (Fsp3) is 0.318. The second kappa shape index (κ2) is 9.17. The van der Waals surface area contributed by atoms with Crippen molar-refractivity contribution in [3.63, 3.8) is 0 Å². The smallest absolute Gasteiger partial charge is 0.331 e. The van der Waals surface area contributed by atoms with E-state index in [1.807, 2.05) is 34.9 Å². The predicted octanol–water partition coefficient (Wildman–Crippen LogP) is 5.30. The van der Waals surface area contributed by atoms with Gasteiger partial charge in [0.05, 0.1) is 17.3 Å². The lowest BCUT2D eigenvalue weighted by molar-refractivity contribution is -0.140. The molecule has 0 radical (unpaired) electrons. The number of aromatic nitrogens is 1. The molecular formula is C22H24N2O4. The molecule has 28 heavy (non-hydrogen) atoms. The summed E-state index contributed by atoms with van der Waals surface area (Å²) in [5.41, 5.74) is 1.63. The summed E-state index contributed by atoms with van der Waals surface area (Å²) in [4.78, 5) is 29.2. The highest BCUT2D eigenvalue weighted by molar-refractivity contribution is 6.47. The van der Waals surface area contributed by atoms with Gasteiger partial charge in [-0.2, -0.15) is 0 Å². The number of unbranched alkanes of at least 4 members (excludes halogenated alkanes) is 3. The Bertz CT molecular complexity index is 983. The van der Waals surface area contributed by atoms with E-state index in [0.29, 0.717) is 17.9 Å². The molecule has 0 atom stereocenters. The second-order valence-corrected chi connectivity index (χ2v) is 6.64. The summed E-state index contributed by atoms with van der Waals surface area (Å²) in [6, 6.07) is 11.2. The highest BCUT2D eigenvalue weighted by Crippen LogP contribution is 2.26. The van der Waals surface area contributed by atoms with Gasteiger partial charge in [0.2, 0.25) is 11.7 Å². The molecule has 0 amide bonds. The average molecular weight is 380 g/mol. The molecule has 1 aromatic carbocycles. The Kier molecular flexibility index (Phi) is 6.42. The molecule has 6 heteroatoms. The first kappa shape index (κ1) is 19.6. The van der Waals surface area contributed by atoms with E-state index in [2.05, 4.69) is 12.1 Å². The highest BCUT2D eigenvalue weighted by atomic mass is 16.7. The summed E-state index contributed by atoms with van der Waals surface area (Å²) >= 11 is 0. The monoisotopic (exact) mass is 380 g/mol. The van der Waals surface area contributed by atoms with E-state index in [9.17, 15) is 9.59 Å². The number of carbonyl (C=O) groups excluding carboxylic acids is 2. The van der Waals surface area contributed by atoms with Crippen molar-refractivity contribution in [2.75, 3.05) is 0 Å². The summed E-state index contributed by atoms with van der Waals surface area (Å²) in [6.07, 6.45) is 7.81. The third kappa shape index (κ3) is 4.39. The van der Waals surface area contributed by atoms with Crippen molar-refractivity contribution in [2.24, 2.45) is 5.16 Å². The third-order valence-electron chi connectivity index (χ3n) is 4.51. The van der Waals surface area contributed by atoms with Crippen molar-refractivity contribution in [3.05, 3.63) is 54.4 Å². The third-order valence-corrected chi connectivity index (χ3v) is 4.51. The van der Waals surface area contributed by atoms with E-state index in [-0.39, 0.29) is 11.5 Å². The lowest BCUT2D eigenvalue weighted by atomic mass is 10.0. The van der Waals surface area contributed by atoms with Gasteiger partial charge in [-0.3, -0.25) is 9.36 Å². The van der Waals surface area contributed by atoms with Crippen molar-refractivity contribution < 1.29 is 18.8 Å². The topological polar surface area (TPSA) is 73.8 Å². The molecule has 0 spiro atoms. The van der Waals surface area contributed by atoms with Crippen LogP contribution in [0.5, 0.6) is 0 Å². The first-order chi connectivity index (χ1) is 13.6. The molecule has 0 aliphatic rings. The number of hydrogen-bond acceptors (Lipinski definition) is 5. The van der Waals surface area contributed by atoms with Gasteiger partial charge in [-0.25, -0.2) is 4.79 Å². The molecule has 0 fully saturated rings. The molecule has 0 aliphatic heterocycles. The quantitative estimate of drug-likeness (QED) is 0.166. The Morgan fingerprint density at radius 1 is 1.11 bits per heavy atom. The van der Waals surface area contributed by atoms with E-state index in [4.69, 9.17) is 9.25 Å². The van der Waals surface area contributed by atoms with Gasteiger partial charge in [-0.05, 0) is 25.0 Å². The standard InChI is InChI=1S/C22H24N2O4/c1-3-4-5-6-11-19(23-28-16(2)25)22(26)18-15-24(21-13-9-14-27-21)20-12-8-7-10-17(18)20/h7-10,12-15H,3-6,11H2,1-2H3/b23-19+. The zero-order chi connectivity index (χ0) is 19.9. The number of rotatable bonds is 9. The van der Waals surface area contributed by atoms with Crippen molar-refractivity contribution in [3.8, 4) is 5.88 Å². The maximum atomic E-state index is 13.3. The van der Waals surface area contributed by atoms with Crippen LogP contribution in [0.2, 0.25) is 0 Å². The van der Waals surface area contributed by atoms with Gasteiger partial charge in [-0.15, -0.1) is 0 Å². The molecule has 6 nitrogen and oxygen atoms in total. The molecule has 0 N–H and O–H groups in total. The highest BCUT2D eigenvalue weighted by Gasteiger charge is 2.21. The Labute approximate surface area is 163 Å². The Balaban J connectivity index is 1.97. The van der Waals surface area contributed by atoms with Crippen LogP contribution < -0.4 is 0 Å². The normalized spacial score (nSPS) is 11.7. The molecule has 146 valence electrons. The number of furan rings is 1. The molecule has 2 aromatic heterocycles. The van der Waals surface area contributed by atoms with Gasteiger partial charge in [0.25, 0.3) is 0 Å². The van der Waals surface area contributed by atoms with Crippen LogP contribution in [0, 0.1) is 0 Å². The number of fused-ring (bicyclic) bond motifs is 1. The molecule has 3 rings (SSSR count). The number of benzene rings is 1. The van der Waals surface area contributed by atoms with Crippen molar-refractivity contribution >= 4 is 28.4 Å². The van der Waals surface area contributed by atoms with E-state index in [0.717, 1.165) is 36.6 Å². The second-order valence-electron chi connectivity index (χ2n) is 6.64. The zero-order valence-electron chi connectivity index (χ0n) is 16.2. The molecular weight excluding hydrogens is 356 g/mol. The molecule has 0 aliphatic carbocycles. The van der Waals surface area contributed by atoms with Gasteiger partial charge in [0, 0.05) is 24.6 Å². The minimum absolute atomic E-state index is 0.237. The largest absolute Gasteiger partial charge is 0.448 e. The lowest BCUT2D eigenvalue weighted by Gasteiger charge is -2.04. The van der Waals surface area contributed by atoms with Crippen molar-refractivity contribution in [2.45, 2.75) is 46.0 Å². The molecule has 0 saturated heterocycles. The molecule has 0 saturated carbocycles. The van der Waals surface area contributed by atoms with Gasteiger partial charge in [0.1, 0.15) is 5.71 Å². The zero-order valence-corrected chi connectivity index (χ0v) is 16.2. The number of carbonyl (C=O) groups is 2. The van der Waals surface area contributed by atoms with E-state index in [1.165, 1.54) is 6.92 Å². The summed E-state index contributed by atoms with van der Waals surface area (Å²) in [5.74, 6) is -0.159. The summed E-state index contributed by atoms with van der Waals surface area (Å²) in [6.45, 7) is 3.40. The molecule has 0 bridgehead atoms. The average Bonchev–Trinajstić information content (AvgIpc) is 3.34. The van der Waals surface area contributed by atoms with Crippen LogP contribution in [0.25, 0.3) is 16.8 Å². The van der Waals surface area contributed by atoms with Crippen LogP contribution in [-0.2, 0) is 9.63 Å². The van der Waals surface area contributed by atoms with Crippen molar-refractivity contribution in [1.29, 1.82) is 0 Å². The van der Waals surface area contributed by atoms with Gasteiger partial charge in [0.15, 0.2) is 0 Å². The number of hydrogen-bond donors (Lipinski definition) is 0. The molecule has 3 aromatic rings. The fourth-order valence-electron chi connectivity index (χ4n) is 3.14. The first-order valence-electron chi connectivity index (χ1n) is 9.55. The van der Waals surface area contributed by atoms with Crippen LogP contribution in [0.15, 0.2) is 58.4 Å². The number of oxime groups is 1. The summed E-state index contributed by atoms with van der Waals surface area (Å²) < 4.78 is 7.34. The first-order valence-corrected chi connectivity index (χ1v) is 9.55. The van der Waals surface area contributed by atoms with E-state index >= 15 is 0 Å². The van der Waals surface area contributed by atoms with Crippen LogP contribution >= 0.6 is 0 Å². The summed E-state index contributed by atoms with van der Waals surface area (Å²) in [7, 11) is 0. The SMILES string of the molecule is CCCCCC/C(=N\OC(C)=O)C(=O)c1cn(-c2ccco2)c2ccccc12. The molecule has 0 unspecified atom stereocenters.